The molecule has 0 N–H and O–H groups in total. The Morgan fingerprint density at radius 2 is 1.72 bits per heavy atom. The maximum absolute atomic E-state index is 4.70. The number of rotatable bonds is 8. The highest BCUT2D eigenvalue weighted by Gasteiger charge is 2.36. The van der Waals surface area contributed by atoms with Gasteiger partial charge in [-0.3, -0.25) is 4.90 Å². The fraction of sp³-hybridized carbons (Fsp3) is 1.00. The van der Waals surface area contributed by atoms with E-state index in [1.165, 1.54) is 51.5 Å². The monoisotopic (exact) mass is 271 g/mol. The van der Waals surface area contributed by atoms with Gasteiger partial charge in [-0.1, -0.05) is 33.6 Å². The normalized spacial score (nSPS) is 25.8. The van der Waals surface area contributed by atoms with Crippen molar-refractivity contribution in [3.8, 4) is 0 Å². The van der Waals surface area contributed by atoms with Crippen molar-refractivity contribution < 1.29 is 0 Å². The molecule has 0 spiro atoms. The predicted molar refractivity (Wildman–Crippen MR) is 85.6 cm³/mol. The maximum Gasteiger partial charge on any atom is 0.00962 e. The van der Waals surface area contributed by atoms with Crippen LogP contribution in [-0.2, 0) is 0 Å². The molecule has 0 aromatic rings. The van der Waals surface area contributed by atoms with E-state index in [2.05, 4.69) is 32.6 Å². The van der Waals surface area contributed by atoms with Crippen LogP contribution >= 0.6 is 12.6 Å². The molecule has 1 aliphatic heterocycles. The van der Waals surface area contributed by atoms with E-state index in [9.17, 15) is 0 Å². The molecular formula is C16H33NS. The number of hydrogen-bond acceptors (Lipinski definition) is 2. The summed E-state index contributed by atoms with van der Waals surface area (Å²) in [6, 6.07) is 1.61. The largest absolute Gasteiger partial charge is 0.297 e. The Morgan fingerprint density at radius 3 is 2.17 bits per heavy atom. The van der Waals surface area contributed by atoms with Crippen LogP contribution in [-0.4, -0.2) is 29.3 Å². The van der Waals surface area contributed by atoms with E-state index < -0.39 is 0 Å². The smallest absolute Gasteiger partial charge is 0.00962 e. The highest BCUT2D eigenvalue weighted by molar-refractivity contribution is 7.80. The Morgan fingerprint density at radius 1 is 1.11 bits per heavy atom. The molecule has 0 amide bonds. The molecular weight excluding hydrogens is 238 g/mol. The second-order valence-corrected chi connectivity index (χ2v) is 6.64. The van der Waals surface area contributed by atoms with Crippen LogP contribution in [0.1, 0.15) is 72.6 Å². The lowest BCUT2D eigenvalue weighted by atomic mass is 9.80. The molecule has 1 heterocycles. The van der Waals surface area contributed by atoms with E-state index in [1.807, 2.05) is 0 Å². The summed E-state index contributed by atoms with van der Waals surface area (Å²) in [5.74, 6) is 1.05. The van der Waals surface area contributed by atoms with Gasteiger partial charge in [0.1, 0.15) is 0 Å². The number of thiol groups is 1. The summed E-state index contributed by atoms with van der Waals surface area (Å²) in [7, 11) is 0. The third-order valence-corrected chi connectivity index (χ3v) is 5.51. The minimum Gasteiger partial charge on any atom is -0.297 e. The van der Waals surface area contributed by atoms with E-state index in [4.69, 9.17) is 12.6 Å². The second kappa shape index (κ2) is 7.79. The Hall–Kier alpha value is 0.310. The van der Waals surface area contributed by atoms with Crippen LogP contribution in [0.5, 0.6) is 0 Å². The van der Waals surface area contributed by atoms with Crippen LogP contribution in [0.3, 0.4) is 0 Å². The summed E-state index contributed by atoms with van der Waals surface area (Å²) in [6.45, 7) is 10.7. The van der Waals surface area contributed by atoms with Gasteiger partial charge in [0.05, 0.1) is 0 Å². The zero-order valence-electron chi connectivity index (χ0n) is 12.9. The van der Waals surface area contributed by atoms with Crippen molar-refractivity contribution in [2.24, 2.45) is 5.41 Å². The third-order valence-electron chi connectivity index (χ3n) is 4.84. The molecule has 18 heavy (non-hydrogen) atoms. The van der Waals surface area contributed by atoms with Crippen molar-refractivity contribution in [1.82, 2.24) is 4.90 Å². The van der Waals surface area contributed by atoms with Gasteiger partial charge in [-0.25, -0.2) is 0 Å². The first-order valence-corrected chi connectivity index (χ1v) is 8.62. The molecule has 0 aliphatic carbocycles. The molecule has 0 radical (unpaired) electrons. The molecule has 1 saturated heterocycles. The molecule has 0 saturated carbocycles. The van der Waals surface area contributed by atoms with Crippen LogP contribution in [0.4, 0.5) is 0 Å². The standard InChI is InChI=1S/C16H33NS/c1-5-10-16(13-18,11-6-2)12-17-14(4)8-9-15(17)7-3/h14-15,18H,5-13H2,1-4H3. The van der Waals surface area contributed by atoms with Gasteiger partial charge < -0.3 is 0 Å². The fourth-order valence-corrected chi connectivity index (χ4v) is 4.20. The summed E-state index contributed by atoms with van der Waals surface area (Å²) in [6.07, 6.45) is 9.36. The van der Waals surface area contributed by atoms with Crippen LogP contribution in [0, 0.1) is 5.41 Å². The van der Waals surface area contributed by atoms with Crippen LogP contribution < -0.4 is 0 Å². The van der Waals surface area contributed by atoms with Crippen molar-refractivity contribution in [1.29, 1.82) is 0 Å². The SMILES string of the molecule is CCCC(CS)(CCC)CN1C(C)CCC1CC. The molecule has 2 unspecified atom stereocenters. The number of likely N-dealkylation sites (tertiary alicyclic amines) is 1. The van der Waals surface area contributed by atoms with Crippen molar-refractivity contribution in [3.63, 3.8) is 0 Å². The lowest BCUT2D eigenvalue weighted by molar-refractivity contribution is 0.106. The lowest BCUT2D eigenvalue weighted by Crippen LogP contribution is -2.44. The van der Waals surface area contributed by atoms with Gasteiger partial charge in [-0.05, 0) is 50.2 Å². The highest BCUT2D eigenvalue weighted by atomic mass is 32.1. The van der Waals surface area contributed by atoms with Crippen molar-refractivity contribution >= 4 is 12.6 Å². The van der Waals surface area contributed by atoms with Crippen LogP contribution in [0.2, 0.25) is 0 Å². The molecule has 1 fully saturated rings. The van der Waals surface area contributed by atoms with E-state index in [0.717, 1.165) is 17.8 Å². The summed E-state index contributed by atoms with van der Waals surface area (Å²) in [5, 5.41) is 0. The summed E-state index contributed by atoms with van der Waals surface area (Å²) in [4.78, 5) is 2.79. The topological polar surface area (TPSA) is 3.24 Å². The van der Waals surface area contributed by atoms with E-state index in [0.29, 0.717) is 5.41 Å². The maximum atomic E-state index is 4.70. The Balaban J connectivity index is 2.74. The lowest BCUT2D eigenvalue weighted by Gasteiger charge is -2.40. The molecule has 0 bridgehead atoms. The van der Waals surface area contributed by atoms with Gasteiger partial charge in [0.15, 0.2) is 0 Å². The molecule has 0 aromatic heterocycles. The predicted octanol–water partition coefficient (Wildman–Crippen LogP) is 4.77. The van der Waals surface area contributed by atoms with E-state index >= 15 is 0 Å². The first-order chi connectivity index (χ1) is 8.62. The summed E-state index contributed by atoms with van der Waals surface area (Å²) in [5.41, 5.74) is 0.457. The molecule has 1 rings (SSSR count). The molecule has 1 aliphatic rings. The Labute approximate surface area is 120 Å². The van der Waals surface area contributed by atoms with Gasteiger partial charge in [0.2, 0.25) is 0 Å². The van der Waals surface area contributed by atoms with E-state index in [1.54, 1.807) is 0 Å². The fourth-order valence-electron chi connectivity index (χ4n) is 3.79. The minimum atomic E-state index is 0.457. The van der Waals surface area contributed by atoms with Crippen molar-refractivity contribution in [2.75, 3.05) is 12.3 Å². The Bertz CT molecular complexity index is 223. The quantitative estimate of drug-likeness (QED) is 0.623. The third kappa shape index (κ3) is 3.90. The second-order valence-electron chi connectivity index (χ2n) is 6.32. The Kier molecular flexibility index (Phi) is 7.08. The molecule has 2 heteroatoms. The minimum absolute atomic E-state index is 0.457. The first-order valence-electron chi connectivity index (χ1n) is 7.99. The number of nitrogens with zero attached hydrogens (tertiary/aromatic N) is 1. The van der Waals surface area contributed by atoms with Crippen molar-refractivity contribution in [3.05, 3.63) is 0 Å². The summed E-state index contributed by atoms with van der Waals surface area (Å²) < 4.78 is 0. The highest BCUT2D eigenvalue weighted by Crippen LogP contribution is 2.37. The molecule has 108 valence electrons. The van der Waals surface area contributed by atoms with Crippen LogP contribution in [0.15, 0.2) is 0 Å². The number of hydrogen-bond donors (Lipinski definition) is 1. The summed E-state index contributed by atoms with van der Waals surface area (Å²) >= 11 is 4.70. The average Bonchev–Trinajstić information content (AvgIpc) is 2.71. The van der Waals surface area contributed by atoms with Crippen molar-refractivity contribution in [2.45, 2.75) is 84.7 Å². The molecule has 2 atom stereocenters. The molecule has 0 aromatic carbocycles. The average molecular weight is 272 g/mol. The zero-order chi connectivity index (χ0) is 13.6. The van der Waals surface area contributed by atoms with Gasteiger partial charge in [-0.2, -0.15) is 12.6 Å². The van der Waals surface area contributed by atoms with Gasteiger partial charge in [0, 0.05) is 18.6 Å². The zero-order valence-corrected chi connectivity index (χ0v) is 13.8. The van der Waals surface area contributed by atoms with Crippen LogP contribution in [0.25, 0.3) is 0 Å². The van der Waals surface area contributed by atoms with E-state index in [-0.39, 0.29) is 0 Å². The van der Waals surface area contributed by atoms with Gasteiger partial charge in [0.25, 0.3) is 0 Å². The first kappa shape index (κ1) is 16.4. The van der Waals surface area contributed by atoms with Gasteiger partial charge in [-0.15, -0.1) is 0 Å². The molecule has 1 nitrogen and oxygen atoms in total. The van der Waals surface area contributed by atoms with Gasteiger partial charge >= 0.3 is 0 Å².